The van der Waals surface area contributed by atoms with Crippen molar-refractivity contribution in [1.82, 2.24) is 19.6 Å². The second kappa shape index (κ2) is 12.7. The van der Waals surface area contributed by atoms with Crippen LogP contribution >= 0.6 is 0 Å². The van der Waals surface area contributed by atoms with Crippen molar-refractivity contribution in [2.45, 2.75) is 46.3 Å². The first-order valence-corrected chi connectivity index (χ1v) is 15.5. The van der Waals surface area contributed by atoms with E-state index in [9.17, 15) is 4.79 Å². The van der Waals surface area contributed by atoms with E-state index < -0.39 is 11.6 Å². The summed E-state index contributed by atoms with van der Waals surface area (Å²) in [6.45, 7) is 12.6. The second-order valence-corrected chi connectivity index (χ2v) is 12.6. The van der Waals surface area contributed by atoms with Crippen LogP contribution in [-0.4, -0.2) is 63.5 Å². The third-order valence-electron chi connectivity index (χ3n) is 7.72. The molecule has 6 rings (SSSR count). The van der Waals surface area contributed by atoms with E-state index in [1.54, 1.807) is 0 Å². The molecule has 0 spiro atoms. The number of benzene rings is 2. The van der Waals surface area contributed by atoms with Gasteiger partial charge < -0.3 is 19.7 Å². The normalized spacial score (nSPS) is 14.8. The summed E-state index contributed by atoms with van der Waals surface area (Å²) in [5.74, 6) is -0.223. The lowest BCUT2D eigenvalue weighted by Gasteiger charge is -2.28. The molecule has 0 saturated carbocycles. The second-order valence-electron chi connectivity index (χ2n) is 12.6. The van der Waals surface area contributed by atoms with E-state index in [0.717, 1.165) is 63.7 Å². The van der Waals surface area contributed by atoms with Crippen LogP contribution in [0.25, 0.3) is 40.0 Å². The van der Waals surface area contributed by atoms with E-state index in [1.165, 1.54) is 0 Å². The minimum atomic E-state index is -0.557. The Morgan fingerprint density at radius 1 is 0.956 bits per heavy atom. The number of imidazole rings is 1. The van der Waals surface area contributed by atoms with Gasteiger partial charge in [-0.1, -0.05) is 50.2 Å². The monoisotopic (exact) mass is 604 g/mol. The fourth-order valence-electron chi connectivity index (χ4n) is 5.50. The topological polar surface area (TPSA) is 93.9 Å². The average Bonchev–Trinajstić information content (AvgIpc) is 3.41. The van der Waals surface area contributed by atoms with Gasteiger partial charge in [-0.2, -0.15) is 5.10 Å². The molecule has 1 atom stereocenters. The third kappa shape index (κ3) is 6.83. The van der Waals surface area contributed by atoms with Crippen molar-refractivity contribution < 1.29 is 14.3 Å². The predicted molar refractivity (Wildman–Crippen MR) is 180 cm³/mol. The number of nitrogens with zero attached hydrogens (tertiary/aromatic N) is 5. The molecule has 1 aliphatic heterocycles. The molecule has 3 aromatic heterocycles. The van der Waals surface area contributed by atoms with Gasteiger partial charge in [0.15, 0.2) is 5.65 Å². The molecular formula is C36H40N6O3. The molecule has 4 heterocycles. The molecule has 1 saturated heterocycles. The van der Waals surface area contributed by atoms with Gasteiger partial charge in [-0.05, 0) is 69.2 Å². The van der Waals surface area contributed by atoms with Crippen molar-refractivity contribution in [2.24, 2.45) is 5.92 Å². The molecule has 0 unspecified atom stereocenters. The molecule has 45 heavy (non-hydrogen) atoms. The molecule has 5 aromatic rings. The van der Waals surface area contributed by atoms with Gasteiger partial charge in [0.2, 0.25) is 0 Å². The SMILES string of the molecule is CC(C)[C@H](Nc1ccc(-c2c(C=Cc3ccc4ccccc4n3)nc3c(N4CCOCC4)ccnn23)cc1)C(=O)OC(C)(C)C. The first kappa shape index (κ1) is 30.3. The number of pyridine rings is 1. The van der Waals surface area contributed by atoms with Gasteiger partial charge in [0.05, 0.1) is 42.0 Å². The molecule has 1 N–H and O–H groups in total. The molecule has 9 nitrogen and oxygen atoms in total. The minimum absolute atomic E-state index is 0.0431. The number of carbonyl (C=O) groups is 1. The molecule has 0 radical (unpaired) electrons. The van der Waals surface area contributed by atoms with E-state index in [4.69, 9.17) is 24.5 Å². The number of esters is 1. The fraction of sp³-hybridized carbons (Fsp3) is 0.333. The van der Waals surface area contributed by atoms with E-state index in [-0.39, 0.29) is 11.9 Å². The summed E-state index contributed by atoms with van der Waals surface area (Å²) in [4.78, 5) is 25.2. The lowest BCUT2D eigenvalue weighted by Crippen LogP contribution is -2.39. The fourth-order valence-corrected chi connectivity index (χ4v) is 5.50. The van der Waals surface area contributed by atoms with E-state index in [2.05, 4.69) is 22.3 Å². The van der Waals surface area contributed by atoms with E-state index in [0.29, 0.717) is 13.2 Å². The van der Waals surface area contributed by atoms with Gasteiger partial charge in [0.25, 0.3) is 0 Å². The van der Waals surface area contributed by atoms with Crippen LogP contribution in [0, 0.1) is 5.92 Å². The molecule has 1 fully saturated rings. The van der Waals surface area contributed by atoms with Crippen molar-refractivity contribution in [3.8, 4) is 11.3 Å². The number of morpholine rings is 1. The molecule has 0 amide bonds. The number of nitrogens with one attached hydrogen (secondary N) is 1. The van der Waals surface area contributed by atoms with Crippen LogP contribution in [0.2, 0.25) is 0 Å². The number of fused-ring (bicyclic) bond motifs is 2. The zero-order chi connectivity index (χ0) is 31.6. The summed E-state index contributed by atoms with van der Waals surface area (Å²) in [5, 5.41) is 9.24. The number of carbonyl (C=O) groups excluding carboxylic acids is 1. The zero-order valence-corrected chi connectivity index (χ0v) is 26.5. The summed E-state index contributed by atoms with van der Waals surface area (Å²) in [6, 6.07) is 21.8. The zero-order valence-electron chi connectivity index (χ0n) is 26.5. The molecule has 232 valence electrons. The van der Waals surface area contributed by atoms with Crippen LogP contribution in [0.4, 0.5) is 11.4 Å². The Kier molecular flexibility index (Phi) is 8.54. The number of aromatic nitrogens is 4. The van der Waals surface area contributed by atoms with E-state index in [1.807, 2.05) is 112 Å². The highest BCUT2D eigenvalue weighted by Gasteiger charge is 2.28. The van der Waals surface area contributed by atoms with Gasteiger partial charge in [-0.15, -0.1) is 0 Å². The number of rotatable bonds is 8. The smallest absolute Gasteiger partial charge is 0.329 e. The van der Waals surface area contributed by atoms with Crippen molar-refractivity contribution in [3.05, 3.63) is 84.3 Å². The summed E-state index contributed by atoms with van der Waals surface area (Å²) in [6.07, 6.45) is 5.83. The number of anilines is 2. The largest absolute Gasteiger partial charge is 0.458 e. The molecular weight excluding hydrogens is 564 g/mol. The third-order valence-corrected chi connectivity index (χ3v) is 7.72. The molecule has 9 heteroatoms. The van der Waals surface area contributed by atoms with Crippen LogP contribution < -0.4 is 10.2 Å². The predicted octanol–water partition coefficient (Wildman–Crippen LogP) is 6.73. The summed E-state index contributed by atoms with van der Waals surface area (Å²) >= 11 is 0. The van der Waals surface area contributed by atoms with Crippen LogP contribution in [-0.2, 0) is 14.3 Å². The van der Waals surface area contributed by atoms with E-state index >= 15 is 0 Å². The number of hydrogen-bond donors (Lipinski definition) is 1. The maximum Gasteiger partial charge on any atom is 0.329 e. The quantitative estimate of drug-likeness (QED) is 0.195. The summed E-state index contributed by atoms with van der Waals surface area (Å²) < 4.78 is 13.2. The first-order valence-electron chi connectivity index (χ1n) is 15.5. The lowest BCUT2D eigenvalue weighted by molar-refractivity contribution is -0.156. The highest BCUT2D eigenvalue weighted by Crippen LogP contribution is 2.32. The van der Waals surface area contributed by atoms with Crippen LogP contribution in [0.5, 0.6) is 0 Å². The Labute approximate surface area is 263 Å². The Balaban J connectivity index is 1.37. The lowest BCUT2D eigenvalue weighted by atomic mass is 10.0. The van der Waals surface area contributed by atoms with Gasteiger partial charge in [-0.3, -0.25) is 0 Å². The number of para-hydroxylation sites is 1. The van der Waals surface area contributed by atoms with Crippen molar-refractivity contribution >= 4 is 46.0 Å². The Morgan fingerprint density at radius 3 is 2.44 bits per heavy atom. The standard InChI is InChI=1S/C36H40N6O3/c1-24(2)32(35(43)45-36(3,4)5)39-28-14-11-26(12-15-28)33-30(17-16-27-13-10-25-8-6-7-9-29(25)38-27)40-34-31(18-19-37-42(33)34)41-20-22-44-23-21-41/h6-19,24,32,39H,20-23H2,1-5H3/t32-/m0/s1. The Bertz CT molecular complexity index is 1830. The van der Waals surface area contributed by atoms with Gasteiger partial charge in [0, 0.05) is 29.7 Å². The van der Waals surface area contributed by atoms with Gasteiger partial charge in [-0.25, -0.2) is 19.3 Å². The van der Waals surface area contributed by atoms with Gasteiger partial charge in [0.1, 0.15) is 17.3 Å². The molecule has 2 aromatic carbocycles. The van der Waals surface area contributed by atoms with Crippen LogP contribution in [0.1, 0.15) is 46.0 Å². The summed E-state index contributed by atoms with van der Waals surface area (Å²) in [7, 11) is 0. The molecule has 0 bridgehead atoms. The summed E-state index contributed by atoms with van der Waals surface area (Å²) in [5.41, 5.74) is 6.48. The minimum Gasteiger partial charge on any atom is -0.458 e. The van der Waals surface area contributed by atoms with Crippen molar-refractivity contribution in [2.75, 3.05) is 36.5 Å². The number of ether oxygens (including phenoxy) is 2. The maximum absolute atomic E-state index is 12.9. The molecule has 0 aliphatic carbocycles. The highest BCUT2D eigenvalue weighted by atomic mass is 16.6. The highest BCUT2D eigenvalue weighted by molar-refractivity contribution is 5.85. The Hall–Kier alpha value is -4.76. The number of hydrogen-bond acceptors (Lipinski definition) is 8. The van der Waals surface area contributed by atoms with Crippen molar-refractivity contribution in [1.29, 1.82) is 0 Å². The average molecular weight is 605 g/mol. The maximum atomic E-state index is 12.9. The van der Waals surface area contributed by atoms with Gasteiger partial charge >= 0.3 is 5.97 Å². The first-order chi connectivity index (χ1) is 21.7. The van der Waals surface area contributed by atoms with Crippen LogP contribution in [0.15, 0.2) is 72.9 Å². The molecule has 1 aliphatic rings. The Morgan fingerprint density at radius 2 is 1.71 bits per heavy atom. The van der Waals surface area contributed by atoms with Crippen LogP contribution in [0.3, 0.4) is 0 Å². The van der Waals surface area contributed by atoms with Crippen molar-refractivity contribution in [3.63, 3.8) is 0 Å².